The maximum absolute atomic E-state index is 5.87. The molecule has 0 spiro atoms. The van der Waals surface area contributed by atoms with Crippen molar-refractivity contribution in [3.8, 4) is 0 Å². The number of aromatic nitrogens is 2. The lowest BCUT2D eigenvalue weighted by atomic mass is 9.94. The van der Waals surface area contributed by atoms with E-state index >= 15 is 0 Å². The molecule has 3 rings (SSSR count). The van der Waals surface area contributed by atoms with Crippen molar-refractivity contribution in [2.24, 2.45) is 5.73 Å². The van der Waals surface area contributed by atoms with Gasteiger partial charge in [0.15, 0.2) is 0 Å². The SMILES string of the molecule is NCCN(c1nccc(N2CCCCCC2)n1)C1CCCCC1. The van der Waals surface area contributed by atoms with E-state index in [4.69, 9.17) is 10.7 Å². The molecule has 2 heterocycles. The molecule has 2 aliphatic rings. The molecule has 1 aromatic rings. The van der Waals surface area contributed by atoms with E-state index in [1.807, 2.05) is 6.20 Å². The summed E-state index contributed by atoms with van der Waals surface area (Å²) in [6.45, 7) is 3.76. The van der Waals surface area contributed by atoms with Crippen LogP contribution in [0, 0.1) is 0 Å². The van der Waals surface area contributed by atoms with Gasteiger partial charge in [-0.2, -0.15) is 4.98 Å². The number of anilines is 2. The van der Waals surface area contributed by atoms with Gasteiger partial charge < -0.3 is 15.5 Å². The Morgan fingerprint density at radius 2 is 1.74 bits per heavy atom. The van der Waals surface area contributed by atoms with Crippen LogP contribution in [0.5, 0.6) is 0 Å². The summed E-state index contributed by atoms with van der Waals surface area (Å²) in [5, 5.41) is 0. The highest BCUT2D eigenvalue weighted by Gasteiger charge is 2.23. The Hall–Kier alpha value is -1.36. The molecule has 5 nitrogen and oxygen atoms in total. The van der Waals surface area contributed by atoms with Crippen LogP contribution in [0.4, 0.5) is 11.8 Å². The first-order valence-corrected chi connectivity index (χ1v) is 9.43. The Bertz CT molecular complexity index is 464. The standard InChI is InChI=1S/C18H31N5/c19-11-15-23(16-8-4-3-5-9-16)18-20-12-10-17(21-18)22-13-6-1-2-7-14-22/h10,12,16H,1-9,11,13-15,19H2. The van der Waals surface area contributed by atoms with E-state index in [0.717, 1.165) is 31.4 Å². The number of nitrogens with two attached hydrogens (primary N) is 1. The van der Waals surface area contributed by atoms with Gasteiger partial charge in [0.25, 0.3) is 0 Å². The second-order valence-electron chi connectivity index (χ2n) is 6.89. The molecule has 1 saturated heterocycles. The minimum absolute atomic E-state index is 0.562. The fourth-order valence-electron chi connectivity index (χ4n) is 3.93. The van der Waals surface area contributed by atoms with Crippen LogP contribution in [0.2, 0.25) is 0 Å². The van der Waals surface area contributed by atoms with Crippen LogP contribution in [-0.2, 0) is 0 Å². The Morgan fingerprint density at radius 1 is 1.04 bits per heavy atom. The van der Waals surface area contributed by atoms with E-state index in [1.54, 1.807) is 0 Å². The Balaban J connectivity index is 1.77. The summed E-state index contributed by atoms with van der Waals surface area (Å²) in [6, 6.07) is 2.63. The molecule has 0 unspecified atom stereocenters. The second kappa shape index (κ2) is 8.48. The van der Waals surface area contributed by atoms with Crippen molar-refractivity contribution >= 4 is 11.8 Å². The molecule has 1 aromatic heterocycles. The largest absolute Gasteiger partial charge is 0.356 e. The molecule has 2 N–H and O–H groups in total. The maximum atomic E-state index is 5.87. The summed E-state index contributed by atoms with van der Waals surface area (Å²) < 4.78 is 0. The Labute approximate surface area is 140 Å². The third kappa shape index (κ3) is 4.34. The van der Waals surface area contributed by atoms with Crippen molar-refractivity contribution in [1.82, 2.24) is 9.97 Å². The van der Waals surface area contributed by atoms with Gasteiger partial charge in [0, 0.05) is 38.4 Å². The predicted molar refractivity (Wildman–Crippen MR) is 96.0 cm³/mol. The van der Waals surface area contributed by atoms with Gasteiger partial charge in [0.2, 0.25) is 5.95 Å². The molecule has 0 amide bonds. The third-order valence-electron chi connectivity index (χ3n) is 5.20. The molecule has 5 heteroatoms. The lowest BCUT2D eigenvalue weighted by molar-refractivity contribution is 0.412. The number of rotatable bonds is 5. The van der Waals surface area contributed by atoms with Crippen LogP contribution >= 0.6 is 0 Å². The van der Waals surface area contributed by atoms with Crippen molar-refractivity contribution in [3.63, 3.8) is 0 Å². The number of hydrogen-bond acceptors (Lipinski definition) is 5. The minimum atomic E-state index is 0.562. The third-order valence-corrected chi connectivity index (χ3v) is 5.20. The number of nitrogens with zero attached hydrogens (tertiary/aromatic N) is 4. The molecular weight excluding hydrogens is 286 g/mol. The molecule has 0 aromatic carbocycles. The van der Waals surface area contributed by atoms with Gasteiger partial charge in [-0.3, -0.25) is 0 Å². The average molecular weight is 317 g/mol. The Kier molecular flexibility index (Phi) is 6.08. The summed E-state index contributed by atoms with van der Waals surface area (Å²) in [6.07, 6.45) is 13.6. The van der Waals surface area contributed by atoms with Crippen molar-refractivity contribution in [2.45, 2.75) is 63.8 Å². The molecule has 1 aliphatic carbocycles. The molecule has 0 bridgehead atoms. The van der Waals surface area contributed by atoms with Gasteiger partial charge in [0.1, 0.15) is 5.82 Å². The van der Waals surface area contributed by atoms with Crippen molar-refractivity contribution in [2.75, 3.05) is 36.0 Å². The van der Waals surface area contributed by atoms with Crippen LogP contribution in [0.1, 0.15) is 57.8 Å². The molecule has 2 fully saturated rings. The average Bonchev–Trinajstić information content (AvgIpc) is 2.90. The fraction of sp³-hybridized carbons (Fsp3) is 0.778. The fourth-order valence-corrected chi connectivity index (χ4v) is 3.93. The topological polar surface area (TPSA) is 58.3 Å². The quantitative estimate of drug-likeness (QED) is 0.905. The maximum Gasteiger partial charge on any atom is 0.227 e. The van der Waals surface area contributed by atoms with Crippen LogP contribution in [0.3, 0.4) is 0 Å². The van der Waals surface area contributed by atoms with Crippen molar-refractivity contribution < 1.29 is 0 Å². The highest BCUT2D eigenvalue weighted by Crippen LogP contribution is 2.26. The van der Waals surface area contributed by atoms with Crippen molar-refractivity contribution in [3.05, 3.63) is 12.3 Å². The first-order chi connectivity index (χ1) is 11.4. The summed E-state index contributed by atoms with van der Waals surface area (Å²) >= 11 is 0. The van der Waals surface area contributed by atoms with Gasteiger partial charge in [0.05, 0.1) is 0 Å². The van der Waals surface area contributed by atoms with Crippen LogP contribution < -0.4 is 15.5 Å². The summed E-state index contributed by atoms with van der Waals surface area (Å²) in [5.74, 6) is 1.97. The molecular formula is C18H31N5. The van der Waals surface area contributed by atoms with Crippen molar-refractivity contribution in [1.29, 1.82) is 0 Å². The van der Waals surface area contributed by atoms with E-state index in [2.05, 4.69) is 20.9 Å². The Morgan fingerprint density at radius 3 is 2.43 bits per heavy atom. The zero-order valence-electron chi connectivity index (χ0n) is 14.3. The van der Waals surface area contributed by atoms with E-state index in [-0.39, 0.29) is 0 Å². The molecule has 1 saturated carbocycles. The van der Waals surface area contributed by atoms with Crippen LogP contribution in [-0.4, -0.2) is 42.2 Å². The van der Waals surface area contributed by atoms with Crippen LogP contribution in [0.15, 0.2) is 12.3 Å². The number of hydrogen-bond donors (Lipinski definition) is 1. The smallest absolute Gasteiger partial charge is 0.227 e. The van der Waals surface area contributed by atoms with Gasteiger partial charge in [-0.05, 0) is 31.7 Å². The zero-order valence-corrected chi connectivity index (χ0v) is 14.3. The lowest BCUT2D eigenvalue weighted by Gasteiger charge is -2.34. The lowest BCUT2D eigenvalue weighted by Crippen LogP contribution is -2.41. The molecule has 1 aliphatic heterocycles. The van der Waals surface area contributed by atoms with Gasteiger partial charge in [-0.1, -0.05) is 32.1 Å². The molecule has 0 radical (unpaired) electrons. The minimum Gasteiger partial charge on any atom is -0.356 e. The van der Waals surface area contributed by atoms with E-state index in [1.165, 1.54) is 57.8 Å². The monoisotopic (exact) mass is 317 g/mol. The molecule has 23 heavy (non-hydrogen) atoms. The zero-order chi connectivity index (χ0) is 15.9. The van der Waals surface area contributed by atoms with E-state index in [0.29, 0.717) is 12.6 Å². The highest BCUT2D eigenvalue weighted by molar-refractivity contribution is 5.44. The predicted octanol–water partition coefficient (Wildman–Crippen LogP) is 2.95. The normalized spacial score (nSPS) is 20.3. The van der Waals surface area contributed by atoms with Gasteiger partial charge in [-0.25, -0.2) is 4.98 Å². The van der Waals surface area contributed by atoms with E-state index < -0.39 is 0 Å². The van der Waals surface area contributed by atoms with Gasteiger partial charge in [-0.15, -0.1) is 0 Å². The summed E-state index contributed by atoms with van der Waals surface area (Å²) in [7, 11) is 0. The first kappa shape index (κ1) is 16.5. The van der Waals surface area contributed by atoms with Crippen LogP contribution in [0.25, 0.3) is 0 Å². The second-order valence-corrected chi connectivity index (χ2v) is 6.89. The summed E-state index contributed by atoms with van der Waals surface area (Å²) in [4.78, 5) is 14.3. The molecule has 128 valence electrons. The highest BCUT2D eigenvalue weighted by atomic mass is 15.3. The van der Waals surface area contributed by atoms with Gasteiger partial charge >= 0.3 is 0 Å². The van der Waals surface area contributed by atoms with E-state index in [9.17, 15) is 0 Å². The first-order valence-electron chi connectivity index (χ1n) is 9.43. The summed E-state index contributed by atoms with van der Waals surface area (Å²) in [5.41, 5.74) is 5.87. The molecule has 0 atom stereocenters.